The molecule has 0 aliphatic rings. The van der Waals surface area contributed by atoms with Gasteiger partial charge in [-0.3, -0.25) is 4.98 Å². The lowest BCUT2D eigenvalue weighted by atomic mass is 10.2. The minimum Gasteiger partial charge on any atom is -0.349 e. The summed E-state index contributed by atoms with van der Waals surface area (Å²) in [6.45, 7) is 0.464. The van der Waals surface area contributed by atoms with E-state index in [9.17, 15) is 0 Å². The van der Waals surface area contributed by atoms with Crippen molar-refractivity contribution in [2.75, 3.05) is 11.9 Å². The molecule has 0 bridgehead atoms. The van der Waals surface area contributed by atoms with Gasteiger partial charge in [0.25, 0.3) is 0 Å². The van der Waals surface area contributed by atoms with E-state index < -0.39 is 0 Å². The quantitative estimate of drug-likeness (QED) is 0.726. The van der Waals surface area contributed by atoms with E-state index in [-0.39, 0.29) is 0 Å². The van der Waals surface area contributed by atoms with Gasteiger partial charge in [-0.2, -0.15) is 0 Å². The van der Waals surface area contributed by atoms with Crippen LogP contribution < -0.4 is 5.32 Å². The standard InChI is InChI=1S/C12H9N5S/c1-2-5-14-11-16-17-8-10(15-12(17)18-11)9-4-3-6-13-7-9/h1,3-4,6-8H,5H2,(H,14,16). The van der Waals surface area contributed by atoms with Gasteiger partial charge < -0.3 is 5.32 Å². The topological polar surface area (TPSA) is 55.1 Å². The molecule has 88 valence electrons. The maximum atomic E-state index is 5.18. The van der Waals surface area contributed by atoms with Crippen molar-refractivity contribution in [3.8, 4) is 23.6 Å². The van der Waals surface area contributed by atoms with Crippen LogP contribution in [0.25, 0.3) is 16.2 Å². The Hall–Kier alpha value is -2.39. The molecule has 1 N–H and O–H groups in total. The average molecular weight is 255 g/mol. The number of fused-ring (bicyclic) bond motifs is 1. The zero-order valence-corrected chi connectivity index (χ0v) is 10.2. The highest BCUT2D eigenvalue weighted by molar-refractivity contribution is 7.20. The van der Waals surface area contributed by atoms with Gasteiger partial charge in [-0.15, -0.1) is 11.5 Å². The molecule has 3 aromatic heterocycles. The molecule has 0 saturated heterocycles. The van der Waals surface area contributed by atoms with Crippen LogP contribution in [-0.4, -0.2) is 26.1 Å². The lowest BCUT2D eigenvalue weighted by Crippen LogP contribution is -1.97. The van der Waals surface area contributed by atoms with E-state index in [1.165, 1.54) is 11.3 Å². The summed E-state index contributed by atoms with van der Waals surface area (Å²) in [5.74, 6) is 2.51. The second kappa shape index (κ2) is 4.47. The summed E-state index contributed by atoms with van der Waals surface area (Å²) >= 11 is 1.47. The maximum absolute atomic E-state index is 5.18. The lowest BCUT2D eigenvalue weighted by molar-refractivity contribution is 0.972. The van der Waals surface area contributed by atoms with Gasteiger partial charge >= 0.3 is 0 Å². The minimum absolute atomic E-state index is 0.464. The molecule has 0 spiro atoms. The molecule has 3 aromatic rings. The molecular formula is C12H9N5S. The molecule has 0 radical (unpaired) electrons. The first kappa shape index (κ1) is 10.7. The number of hydrogen-bond donors (Lipinski definition) is 1. The first-order valence-corrected chi connectivity index (χ1v) is 6.12. The number of aromatic nitrogens is 4. The second-order valence-electron chi connectivity index (χ2n) is 3.56. The molecule has 0 saturated carbocycles. The number of nitrogens with zero attached hydrogens (tertiary/aromatic N) is 4. The van der Waals surface area contributed by atoms with E-state index in [0.717, 1.165) is 21.3 Å². The van der Waals surface area contributed by atoms with Gasteiger partial charge in [-0.1, -0.05) is 17.3 Å². The maximum Gasteiger partial charge on any atom is 0.214 e. The Bertz CT molecular complexity index is 675. The van der Waals surface area contributed by atoms with Gasteiger partial charge in [0, 0.05) is 18.0 Å². The van der Waals surface area contributed by atoms with Crippen molar-refractivity contribution < 1.29 is 0 Å². The van der Waals surface area contributed by atoms with Crippen LogP contribution in [-0.2, 0) is 0 Å². The van der Waals surface area contributed by atoms with Crippen molar-refractivity contribution in [1.82, 2.24) is 19.6 Å². The van der Waals surface area contributed by atoms with Crippen LogP contribution in [0.2, 0.25) is 0 Å². The molecule has 0 unspecified atom stereocenters. The summed E-state index contributed by atoms with van der Waals surface area (Å²) < 4.78 is 1.74. The van der Waals surface area contributed by atoms with Gasteiger partial charge in [0.15, 0.2) is 0 Å². The molecule has 3 rings (SSSR count). The highest BCUT2D eigenvalue weighted by atomic mass is 32.1. The first-order chi connectivity index (χ1) is 8.86. The molecule has 18 heavy (non-hydrogen) atoms. The van der Waals surface area contributed by atoms with Crippen molar-refractivity contribution in [1.29, 1.82) is 0 Å². The van der Waals surface area contributed by atoms with E-state index in [2.05, 4.69) is 26.3 Å². The molecule has 0 amide bonds. The summed E-state index contributed by atoms with van der Waals surface area (Å²) in [5, 5.41) is 8.14. The summed E-state index contributed by atoms with van der Waals surface area (Å²) in [5.41, 5.74) is 1.85. The van der Waals surface area contributed by atoms with E-state index >= 15 is 0 Å². The highest BCUT2D eigenvalue weighted by Gasteiger charge is 2.08. The third-order valence-corrected chi connectivity index (χ3v) is 3.22. The molecule has 0 fully saturated rings. The van der Waals surface area contributed by atoms with Crippen LogP contribution in [0.1, 0.15) is 0 Å². The van der Waals surface area contributed by atoms with Crippen LogP contribution in [0, 0.1) is 12.3 Å². The second-order valence-corrected chi connectivity index (χ2v) is 4.52. The van der Waals surface area contributed by atoms with Crippen molar-refractivity contribution in [2.45, 2.75) is 0 Å². The monoisotopic (exact) mass is 255 g/mol. The van der Waals surface area contributed by atoms with Crippen LogP contribution in [0.4, 0.5) is 5.13 Å². The molecule has 0 aliphatic heterocycles. The largest absolute Gasteiger partial charge is 0.349 e. The van der Waals surface area contributed by atoms with Gasteiger partial charge in [0.2, 0.25) is 10.1 Å². The number of pyridine rings is 1. The van der Waals surface area contributed by atoms with Gasteiger partial charge in [-0.25, -0.2) is 9.50 Å². The van der Waals surface area contributed by atoms with Crippen molar-refractivity contribution in [3.05, 3.63) is 30.7 Å². The zero-order chi connectivity index (χ0) is 12.4. The van der Waals surface area contributed by atoms with Crippen LogP contribution in [0.5, 0.6) is 0 Å². The van der Waals surface area contributed by atoms with Crippen molar-refractivity contribution >= 4 is 21.4 Å². The van der Waals surface area contributed by atoms with Crippen molar-refractivity contribution in [3.63, 3.8) is 0 Å². The number of nitrogens with one attached hydrogen (secondary N) is 1. The van der Waals surface area contributed by atoms with Crippen LogP contribution in [0.15, 0.2) is 30.7 Å². The molecule has 0 aromatic carbocycles. The fourth-order valence-corrected chi connectivity index (χ4v) is 2.33. The van der Waals surface area contributed by atoms with E-state index in [0.29, 0.717) is 6.54 Å². The number of imidazole rings is 1. The van der Waals surface area contributed by atoms with E-state index in [4.69, 9.17) is 6.42 Å². The Labute approximate surface area is 108 Å². The van der Waals surface area contributed by atoms with Gasteiger partial charge in [0.05, 0.1) is 18.4 Å². The Morgan fingerprint density at radius 2 is 2.44 bits per heavy atom. The number of hydrogen-bond acceptors (Lipinski definition) is 5. The van der Waals surface area contributed by atoms with E-state index in [1.807, 2.05) is 18.3 Å². The molecule has 6 heteroatoms. The van der Waals surface area contributed by atoms with Crippen LogP contribution in [0.3, 0.4) is 0 Å². The van der Waals surface area contributed by atoms with Gasteiger partial charge in [0.1, 0.15) is 0 Å². The minimum atomic E-state index is 0.464. The number of rotatable bonds is 3. The predicted molar refractivity (Wildman–Crippen MR) is 71.4 cm³/mol. The fraction of sp³-hybridized carbons (Fsp3) is 0.0833. The van der Waals surface area contributed by atoms with Gasteiger partial charge in [-0.05, 0) is 12.1 Å². The van der Waals surface area contributed by atoms with Crippen LogP contribution >= 0.6 is 11.3 Å². The zero-order valence-electron chi connectivity index (χ0n) is 9.37. The Kier molecular flexibility index (Phi) is 2.67. The first-order valence-electron chi connectivity index (χ1n) is 5.31. The molecular weight excluding hydrogens is 246 g/mol. The summed E-state index contributed by atoms with van der Waals surface area (Å²) in [4.78, 5) is 9.40. The molecule has 0 atom stereocenters. The smallest absolute Gasteiger partial charge is 0.214 e. The molecule has 5 nitrogen and oxygen atoms in total. The Balaban J connectivity index is 1.94. The molecule has 3 heterocycles. The third-order valence-electron chi connectivity index (χ3n) is 2.34. The number of terminal acetylenes is 1. The lowest BCUT2D eigenvalue weighted by Gasteiger charge is -1.93. The fourth-order valence-electron chi connectivity index (χ4n) is 1.55. The average Bonchev–Trinajstić information content (AvgIpc) is 2.95. The third kappa shape index (κ3) is 1.92. The van der Waals surface area contributed by atoms with Crippen molar-refractivity contribution in [2.24, 2.45) is 0 Å². The predicted octanol–water partition coefficient (Wildman–Crippen LogP) is 1.90. The molecule has 0 aliphatic carbocycles. The SMILES string of the molecule is C#CCNc1nn2cc(-c3cccnc3)nc2s1. The summed E-state index contributed by atoms with van der Waals surface area (Å²) in [6, 6.07) is 3.85. The summed E-state index contributed by atoms with van der Waals surface area (Å²) in [7, 11) is 0. The highest BCUT2D eigenvalue weighted by Crippen LogP contribution is 2.23. The Morgan fingerprint density at radius 3 is 3.17 bits per heavy atom. The normalized spacial score (nSPS) is 10.4. The summed E-state index contributed by atoms with van der Waals surface area (Å²) in [6.07, 6.45) is 10.6. The Morgan fingerprint density at radius 1 is 1.50 bits per heavy atom. The van der Waals surface area contributed by atoms with E-state index in [1.54, 1.807) is 16.9 Å². The number of anilines is 1.